The molecule has 0 atom stereocenters. The average Bonchev–Trinajstić information content (AvgIpc) is 2.18. The molecule has 78 valence electrons. The number of carbonyl (C=O) groups is 1. The largest absolute Gasteiger partial charge is 0.481 e. The van der Waals surface area contributed by atoms with Gasteiger partial charge in [-0.1, -0.05) is 23.4 Å². The van der Waals surface area contributed by atoms with E-state index in [0.29, 0.717) is 10.6 Å². The zero-order chi connectivity index (χ0) is 11.3. The quantitative estimate of drug-likeness (QED) is 0.640. The van der Waals surface area contributed by atoms with E-state index in [0.717, 1.165) is 5.56 Å². The number of alkyl halides is 1. The number of carboxylic acid groups (broad SMARTS) is 1. The zero-order valence-electron chi connectivity index (χ0n) is 7.76. The first-order valence-corrected chi connectivity index (χ1v) is 5.10. The van der Waals surface area contributed by atoms with E-state index in [-0.39, 0.29) is 12.3 Å². The van der Waals surface area contributed by atoms with Crippen molar-refractivity contribution in [2.45, 2.75) is 6.42 Å². The number of hydrogen-bond donors (Lipinski definition) is 1. The molecule has 0 aliphatic carbocycles. The van der Waals surface area contributed by atoms with E-state index in [1.165, 1.54) is 0 Å². The van der Waals surface area contributed by atoms with E-state index in [2.05, 4.69) is 11.8 Å². The predicted molar refractivity (Wildman–Crippen MR) is 60.4 cm³/mol. The lowest BCUT2D eigenvalue weighted by atomic mass is 10.1. The van der Waals surface area contributed by atoms with E-state index in [1.807, 2.05) is 0 Å². The van der Waals surface area contributed by atoms with Crippen molar-refractivity contribution in [2.24, 2.45) is 0 Å². The molecule has 2 nitrogen and oxygen atoms in total. The molecule has 0 heterocycles. The first kappa shape index (κ1) is 11.9. The molecule has 1 aromatic rings. The number of aliphatic carboxylic acids is 1. The van der Waals surface area contributed by atoms with Crippen LogP contribution in [0.5, 0.6) is 0 Å². The molecule has 1 aromatic carbocycles. The summed E-state index contributed by atoms with van der Waals surface area (Å²) in [7, 11) is 0. The molecule has 0 bridgehead atoms. The minimum atomic E-state index is -0.917. The molecule has 4 heteroatoms. The van der Waals surface area contributed by atoms with Gasteiger partial charge in [-0.25, -0.2) is 0 Å². The highest BCUT2D eigenvalue weighted by molar-refractivity contribution is 6.31. The molecule has 0 fully saturated rings. The molecule has 0 amide bonds. The van der Waals surface area contributed by atoms with Gasteiger partial charge < -0.3 is 5.11 Å². The van der Waals surface area contributed by atoms with Crippen LogP contribution in [0.15, 0.2) is 18.2 Å². The van der Waals surface area contributed by atoms with Gasteiger partial charge in [-0.2, -0.15) is 0 Å². The molecule has 0 spiro atoms. The number of hydrogen-bond acceptors (Lipinski definition) is 1. The lowest BCUT2D eigenvalue weighted by Crippen LogP contribution is -2.00. The van der Waals surface area contributed by atoms with Gasteiger partial charge >= 0.3 is 5.97 Å². The van der Waals surface area contributed by atoms with Crippen molar-refractivity contribution in [2.75, 3.05) is 5.88 Å². The van der Waals surface area contributed by atoms with Gasteiger partial charge in [0.15, 0.2) is 0 Å². The second kappa shape index (κ2) is 5.65. The normalized spacial score (nSPS) is 9.20. The van der Waals surface area contributed by atoms with Crippen LogP contribution < -0.4 is 0 Å². The first-order valence-electron chi connectivity index (χ1n) is 4.18. The Morgan fingerprint density at radius 1 is 1.47 bits per heavy atom. The maximum Gasteiger partial charge on any atom is 0.307 e. The number of carboxylic acids is 1. The monoisotopic (exact) mass is 242 g/mol. The maximum atomic E-state index is 10.5. The SMILES string of the molecule is O=C(O)Cc1cc(C#CCCl)ccc1Cl. The number of benzene rings is 1. The van der Waals surface area contributed by atoms with Gasteiger partial charge in [-0.05, 0) is 23.8 Å². The molecule has 0 saturated carbocycles. The first-order chi connectivity index (χ1) is 7.13. The van der Waals surface area contributed by atoms with Crippen molar-refractivity contribution < 1.29 is 9.90 Å². The maximum absolute atomic E-state index is 10.5. The Labute approximate surface area is 97.8 Å². The van der Waals surface area contributed by atoms with Crippen molar-refractivity contribution in [1.29, 1.82) is 0 Å². The minimum Gasteiger partial charge on any atom is -0.481 e. The van der Waals surface area contributed by atoms with Gasteiger partial charge in [0.05, 0.1) is 12.3 Å². The third kappa shape index (κ3) is 3.83. The standard InChI is InChI=1S/C11H8Cl2O2/c12-5-1-2-8-3-4-10(13)9(6-8)7-11(14)15/h3-4,6H,5,7H2,(H,14,15). The molecule has 0 aliphatic heterocycles. The van der Waals surface area contributed by atoms with Gasteiger partial charge in [-0.15, -0.1) is 11.6 Å². The van der Waals surface area contributed by atoms with Crippen molar-refractivity contribution in [3.63, 3.8) is 0 Å². The summed E-state index contributed by atoms with van der Waals surface area (Å²) >= 11 is 11.2. The van der Waals surface area contributed by atoms with E-state index >= 15 is 0 Å². The third-order valence-corrected chi connectivity index (χ3v) is 2.19. The van der Waals surface area contributed by atoms with Crippen LogP contribution >= 0.6 is 23.2 Å². The van der Waals surface area contributed by atoms with Crippen molar-refractivity contribution in [3.8, 4) is 11.8 Å². The van der Waals surface area contributed by atoms with E-state index in [9.17, 15) is 4.79 Å². The highest BCUT2D eigenvalue weighted by Crippen LogP contribution is 2.17. The summed E-state index contributed by atoms with van der Waals surface area (Å²) in [6.45, 7) is 0. The second-order valence-electron chi connectivity index (χ2n) is 2.81. The lowest BCUT2D eigenvalue weighted by Gasteiger charge is -2.01. The minimum absolute atomic E-state index is 0.102. The molecule has 15 heavy (non-hydrogen) atoms. The Morgan fingerprint density at radius 3 is 2.80 bits per heavy atom. The Bertz CT molecular complexity index is 430. The highest BCUT2D eigenvalue weighted by Gasteiger charge is 2.05. The Kier molecular flexibility index (Phi) is 4.48. The number of rotatable bonds is 2. The van der Waals surface area contributed by atoms with Crippen LogP contribution in [0, 0.1) is 11.8 Å². The van der Waals surface area contributed by atoms with Crippen LogP contribution in [-0.4, -0.2) is 17.0 Å². The molecule has 0 unspecified atom stereocenters. The average molecular weight is 243 g/mol. The topological polar surface area (TPSA) is 37.3 Å². The summed E-state index contributed by atoms with van der Waals surface area (Å²) in [6.07, 6.45) is -0.102. The molecule has 0 aromatic heterocycles. The van der Waals surface area contributed by atoms with Gasteiger partial charge in [0.25, 0.3) is 0 Å². The number of halogens is 2. The fourth-order valence-corrected chi connectivity index (χ4v) is 1.34. The third-order valence-electron chi connectivity index (χ3n) is 1.69. The summed E-state index contributed by atoms with van der Waals surface area (Å²) in [4.78, 5) is 10.5. The fourth-order valence-electron chi connectivity index (χ4n) is 1.09. The molecular formula is C11H8Cl2O2. The predicted octanol–water partition coefficient (Wildman–Crippen LogP) is 2.56. The van der Waals surface area contributed by atoms with Crippen LogP contribution in [0.25, 0.3) is 0 Å². The molecule has 0 radical (unpaired) electrons. The smallest absolute Gasteiger partial charge is 0.307 e. The van der Waals surface area contributed by atoms with Crippen LogP contribution in [-0.2, 0) is 11.2 Å². The fraction of sp³-hybridized carbons (Fsp3) is 0.182. The summed E-state index contributed by atoms with van der Waals surface area (Å²) < 4.78 is 0. The molecule has 0 aliphatic rings. The van der Waals surface area contributed by atoms with E-state index < -0.39 is 5.97 Å². The van der Waals surface area contributed by atoms with Crippen molar-refractivity contribution in [3.05, 3.63) is 34.3 Å². The van der Waals surface area contributed by atoms with Gasteiger partial charge in [-0.3, -0.25) is 4.79 Å². The zero-order valence-corrected chi connectivity index (χ0v) is 9.27. The van der Waals surface area contributed by atoms with Crippen LogP contribution in [0.2, 0.25) is 5.02 Å². The lowest BCUT2D eigenvalue weighted by molar-refractivity contribution is -0.136. The summed E-state index contributed by atoms with van der Waals surface area (Å²) in [6, 6.07) is 5.03. The van der Waals surface area contributed by atoms with Crippen LogP contribution in [0.4, 0.5) is 0 Å². The van der Waals surface area contributed by atoms with Gasteiger partial charge in [0, 0.05) is 10.6 Å². The van der Waals surface area contributed by atoms with Gasteiger partial charge in [0.2, 0.25) is 0 Å². The highest BCUT2D eigenvalue weighted by atomic mass is 35.5. The molecule has 1 rings (SSSR count). The molecule has 0 saturated heterocycles. The van der Waals surface area contributed by atoms with Gasteiger partial charge in [0.1, 0.15) is 0 Å². The Balaban J connectivity index is 2.99. The van der Waals surface area contributed by atoms with Crippen molar-refractivity contribution in [1.82, 2.24) is 0 Å². The van der Waals surface area contributed by atoms with E-state index in [1.54, 1.807) is 18.2 Å². The summed E-state index contributed by atoms with van der Waals surface area (Å²) in [5.41, 5.74) is 1.28. The second-order valence-corrected chi connectivity index (χ2v) is 3.49. The van der Waals surface area contributed by atoms with Crippen molar-refractivity contribution >= 4 is 29.2 Å². The Morgan fingerprint density at radius 2 is 2.20 bits per heavy atom. The van der Waals surface area contributed by atoms with Crippen LogP contribution in [0.1, 0.15) is 11.1 Å². The molecule has 1 N–H and O–H groups in total. The summed E-state index contributed by atoms with van der Waals surface area (Å²) in [5, 5.41) is 9.08. The Hall–Kier alpha value is -1.17. The summed E-state index contributed by atoms with van der Waals surface area (Å²) in [5.74, 6) is 4.82. The van der Waals surface area contributed by atoms with Crippen LogP contribution in [0.3, 0.4) is 0 Å². The molecular weight excluding hydrogens is 235 g/mol. The van der Waals surface area contributed by atoms with E-state index in [4.69, 9.17) is 28.3 Å².